The third kappa shape index (κ3) is 4.27. The van der Waals surface area contributed by atoms with Gasteiger partial charge in [0.05, 0.1) is 0 Å². The van der Waals surface area contributed by atoms with E-state index in [0.29, 0.717) is 12.8 Å². The number of hydrogen-bond donors (Lipinski definition) is 2. The number of esters is 1. The smallest absolute Gasteiger partial charge is 0.302 e. The minimum absolute atomic E-state index is 0.0585. The summed E-state index contributed by atoms with van der Waals surface area (Å²) in [7, 11) is 0. The van der Waals surface area contributed by atoms with Gasteiger partial charge in [-0.25, -0.2) is 0 Å². The van der Waals surface area contributed by atoms with E-state index in [1.54, 1.807) is 0 Å². The summed E-state index contributed by atoms with van der Waals surface area (Å²) in [5.41, 5.74) is -1.33. The van der Waals surface area contributed by atoms with Crippen LogP contribution < -0.4 is 10.6 Å². The lowest BCUT2D eigenvalue weighted by atomic mass is 9.78. The van der Waals surface area contributed by atoms with E-state index in [0.717, 1.165) is 12.8 Å². The Bertz CT molecular complexity index is 595. The van der Waals surface area contributed by atoms with Gasteiger partial charge in [-0.05, 0) is 64.2 Å². The first kappa shape index (κ1) is 20.5. The largest absolute Gasteiger partial charge is 0.463 e. The van der Waals surface area contributed by atoms with Gasteiger partial charge in [0.25, 0.3) is 0 Å². The van der Waals surface area contributed by atoms with Crippen molar-refractivity contribution >= 4 is 17.8 Å². The molecule has 0 saturated heterocycles. The first-order valence-corrected chi connectivity index (χ1v) is 9.38. The summed E-state index contributed by atoms with van der Waals surface area (Å²) in [5, 5.41) is 6.05. The van der Waals surface area contributed by atoms with E-state index < -0.39 is 5.54 Å². The van der Waals surface area contributed by atoms with Gasteiger partial charge in [0, 0.05) is 19.4 Å². The van der Waals surface area contributed by atoms with Crippen LogP contribution in [0, 0.1) is 17.8 Å². The molecule has 6 nitrogen and oxygen atoms in total. The molecular formula is C20H32N2O4. The van der Waals surface area contributed by atoms with Crippen molar-refractivity contribution in [2.45, 2.75) is 77.5 Å². The third-order valence-corrected chi connectivity index (χ3v) is 5.49. The lowest BCUT2D eigenvalue weighted by Crippen LogP contribution is -2.63. The lowest BCUT2D eigenvalue weighted by molar-refractivity contribution is -0.146. The van der Waals surface area contributed by atoms with Gasteiger partial charge in [-0.3, -0.25) is 14.4 Å². The van der Waals surface area contributed by atoms with Crippen LogP contribution in [0.2, 0.25) is 0 Å². The zero-order valence-corrected chi connectivity index (χ0v) is 16.6. The molecule has 146 valence electrons. The van der Waals surface area contributed by atoms with Crippen molar-refractivity contribution in [2.75, 3.05) is 0 Å². The van der Waals surface area contributed by atoms with Crippen molar-refractivity contribution < 1.29 is 19.1 Å². The van der Waals surface area contributed by atoms with Gasteiger partial charge in [0.1, 0.15) is 11.6 Å². The van der Waals surface area contributed by atoms with Gasteiger partial charge in [-0.15, -0.1) is 6.58 Å². The Morgan fingerprint density at radius 3 is 2.38 bits per heavy atom. The molecule has 2 N–H and O–H groups in total. The molecular weight excluding hydrogens is 332 g/mol. The Kier molecular flexibility index (Phi) is 5.83. The van der Waals surface area contributed by atoms with Crippen LogP contribution in [-0.4, -0.2) is 35.0 Å². The Balaban J connectivity index is 2.33. The zero-order chi connectivity index (χ0) is 19.7. The number of rotatable bonds is 5. The highest BCUT2D eigenvalue weighted by atomic mass is 16.5. The number of carbonyl (C=O) groups is 3. The molecule has 0 aromatic carbocycles. The van der Waals surface area contributed by atoms with E-state index in [1.165, 1.54) is 13.8 Å². The molecule has 0 aromatic rings. The average Bonchev–Trinajstić information content (AvgIpc) is 2.93. The minimum atomic E-state index is -0.941. The van der Waals surface area contributed by atoms with Crippen molar-refractivity contribution in [1.29, 1.82) is 0 Å². The molecule has 2 saturated carbocycles. The Morgan fingerprint density at radius 1 is 1.23 bits per heavy atom. The number of nitrogens with one attached hydrogen (secondary N) is 2. The Hall–Kier alpha value is -1.85. The van der Waals surface area contributed by atoms with Crippen molar-refractivity contribution in [1.82, 2.24) is 10.6 Å². The summed E-state index contributed by atoms with van der Waals surface area (Å²) < 4.78 is 5.41. The fourth-order valence-electron chi connectivity index (χ4n) is 4.88. The van der Waals surface area contributed by atoms with Crippen molar-refractivity contribution in [2.24, 2.45) is 17.8 Å². The van der Waals surface area contributed by atoms with E-state index in [9.17, 15) is 14.4 Å². The second kappa shape index (κ2) is 7.41. The van der Waals surface area contributed by atoms with Gasteiger partial charge < -0.3 is 15.4 Å². The first-order chi connectivity index (χ1) is 12.0. The molecule has 2 aliphatic rings. The number of fused-ring (bicyclic) bond motifs is 1. The second-order valence-electron chi connectivity index (χ2n) is 8.82. The fourth-order valence-corrected chi connectivity index (χ4v) is 4.88. The molecule has 0 aromatic heterocycles. The van der Waals surface area contributed by atoms with E-state index in [1.807, 2.05) is 26.8 Å². The summed E-state index contributed by atoms with van der Waals surface area (Å²) in [6, 6.07) is 0. The maximum atomic E-state index is 13.2. The van der Waals surface area contributed by atoms with E-state index >= 15 is 0 Å². The molecule has 6 heteroatoms. The highest BCUT2D eigenvalue weighted by Crippen LogP contribution is 2.54. The van der Waals surface area contributed by atoms with Crippen LogP contribution in [0.1, 0.15) is 60.3 Å². The molecule has 0 heterocycles. The zero-order valence-electron chi connectivity index (χ0n) is 16.6. The van der Waals surface area contributed by atoms with Crippen molar-refractivity contribution in [3.8, 4) is 0 Å². The molecule has 5 atom stereocenters. The molecule has 2 aliphatic carbocycles. The number of carbonyl (C=O) groups excluding carboxylic acids is 3. The average molecular weight is 364 g/mol. The third-order valence-electron chi connectivity index (χ3n) is 5.49. The number of hydrogen-bond acceptors (Lipinski definition) is 4. The maximum Gasteiger partial charge on any atom is 0.302 e. The van der Waals surface area contributed by atoms with Gasteiger partial charge in [0.15, 0.2) is 0 Å². The first-order valence-electron chi connectivity index (χ1n) is 9.38. The topological polar surface area (TPSA) is 84.5 Å². The quantitative estimate of drug-likeness (QED) is 0.579. The molecule has 26 heavy (non-hydrogen) atoms. The monoisotopic (exact) mass is 364 g/mol. The number of allylic oxidation sites excluding steroid dienone is 1. The molecule has 0 radical (unpaired) electrons. The van der Waals surface area contributed by atoms with Gasteiger partial charge in [-0.1, -0.05) is 6.08 Å². The summed E-state index contributed by atoms with van der Waals surface area (Å²) in [4.78, 5) is 36.5. The number of amides is 2. The molecule has 4 unspecified atom stereocenters. The fraction of sp³-hybridized carbons (Fsp3) is 0.750. The molecule has 2 amide bonds. The van der Waals surface area contributed by atoms with E-state index in [-0.39, 0.29) is 47.2 Å². The molecule has 0 aliphatic heterocycles. The van der Waals surface area contributed by atoms with Crippen LogP contribution in [-0.2, 0) is 19.1 Å². The van der Waals surface area contributed by atoms with Crippen molar-refractivity contribution in [3.05, 3.63) is 12.7 Å². The number of ether oxygens (including phenoxy) is 1. The SMILES string of the molecule is C=CCC1C2CC(OC(C)=O)C[C@@H]2CC1(NC(C)=O)C(=O)NC(C)(C)C. The highest BCUT2D eigenvalue weighted by molar-refractivity contribution is 5.92. The van der Waals surface area contributed by atoms with Gasteiger partial charge in [-0.2, -0.15) is 0 Å². The maximum absolute atomic E-state index is 13.2. The van der Waals surface area contributed by atoms with Crippen LogP contribution in [0.25, 0.3) is 0 Å². The lowest BCUT2D eigenvalue weighted by Gasteiger charge is -2.39. The Labute approximate surface area is 156 Å². The molecule has 2 rings (SSSR count). The second-order valence-corrected chi connectivity index (χ2v) is 8.82. The standard InChI is InChI=1S/C20H32N2O4/c1-7-8-17-16-10-15(26-13(3)24)9-14(16)11-20(17,21-12(2)23)18(25)22-19(4,5)6/h7,14-17H,1,8-11H2,2-6H3,(H,21,23)(H,22,25)/t14-,15?,16?,17?,20?/m1/s1. The van der Waals surface area contributed by atoms with E-state index in [4.69, 9.17) is 4.74 Å². The van der Waals surface area contributed by atoms with Crippen LogP contribution in [0.4, 0.5) is 0 Å². The van der Waals surface area contributed by atoms with Crippen LogP contribution in [0.3, 0.4) is 0 Å². The summed E-state index contributed by atoms with van der Waals surface area (Å²) >= 11 is 0. The summed E-state index contributed by atoms with van der Waals surface area (Å²) in [6.45, 7) is 12.5. The Morgan fingerprint density at radius 2 is 1.88 bits per heavy atom. The highest BCUT2D eigenvalue weighted by Gasteiger charge is 2.60. The molecule has 0 spiro atoms. The van der Waals surface area contributed by atoms with Crippen LogP contribution in [0.5, 0.6) is 0 Å². The van der Waals surface area contributed by atoms with E-state index in [2.05, 4.69) is 17.2 Å². The summed E-state index contributed by atoms with van der Waals surface area (Å²) in [6.07, 6.45) is 4.37. The van der Waals surface area contributed by atoms with Gasteiger partial charge in [0.2, 0.25) is 11.8 Å². The van der Waals surface area contributed by atoms with Gasteiger partial charge >= 0.3 is 5.97 Å². The van der Waals surface area contributed by atoms with Crippen molar-refractivity contribution in [3.63, 3.8) is 0 Å². The van der Waals surface area contributed by atoms with Crippen LogP contribution in [0.15, 0.2) is 12.7 Å². The van der Waals surface area contributed by atoms with Crippen LogP contribution >= 0.6 is 0 Å². The predicted octanol–water partition coefficient (Wildman–Crippen LogP) is 2.33. The normalized spacial score (nSPS) is 33.3. The molecule has 2 fully saturated rings. The minimum Gasteiger partial charge on any atom is -0.463 e. The summed E-state index contributed by atoms with van der Waals surface area (Å²) in [5.74, 6) is -0.215. The molecule has 0 bridgehead atoms. The predicted molar refractivity (Wildman–Crippen MR) is 99.1 cm³/mol.